The summed E-state index contributed by atoms with van der Waals surface area (Å²) in [5, 5.41) is 0. The largest absolute Gasteiger partial charge is 0.298 e. The monoisotopic (exact) mass is 220 g/mol. The van der Waals surface area contributed by atoms with Gasteiger partial charge in [-0.1, -0.05) is 38.5 Å². The summed E-state index contributed by atoms with van der Waals surface area (Å²) < 4.78 is 0. The maximum atomic E-state index is 10.6. The molecule has 90 valence electrons. The third-order valence-corrected chi connectivity index (χ3v) is 4.14. The van der Waals surface area contributed by atoms with Gasteiger partial charge in [0.2, 0.25) is 0 Å². The molecule has 1 nitrogen and oxygen atoms in total. The maximum Gasteiger partial charge on any atom is 0.145 e. The fourth-order valence-corrected chi connectivity index (χ4v) is 2.59. The molecular formula is C15H24O. The van der Waals surface area contributed by atoms with Crippen LogP contribution in [0.15, 0.2) is 23.3 Å². The highest BCUT2D eigenvalue weighted by Crippen LogP contribution is 2.45. The Morgan fingerprint density at radius 2 is 2.25 bits per heavy atom. The molecular weight excluding hydrogens is 196 g/mol. The summed E-state index contributed by atoms with van der Waals surface area (Å²) >= 11 is 0. The van der Waals surface area contributed by atoms with Gasteiger partial charge >= 0.3 is 0 Å². The van der Waals surface area contributed by atoms with Crippen LogP contribution in [0, 0.1) is 17.3 Å². The average Bonchev–Trinajstić information content (AvgIpc) is 2.44. The first-order chi connectivity index (χ1) is 7.37. The zero-order valence-corrected chi connectivity index (χ0v) is 11.2. The van der Waals surface area contributed by atoms with E-state index < -0.39 is 0 Å². The van der Waals surface area contributed by atoms with Gasteiger partial charge in [-0.2, -0.15) is 0 Å². The van der Waals surface area contributed by atoms with E-state index in [-0.39, 0.29) is 0 Å². The van der Waals surface area contributed by atoms with E-state index in [1.54, 1.807) is 0 Å². The van der Waals surface area contributed by atoms with E-state index in [1.165, 1.54) is 18.4 Å². The molecule has 0 radical (unpaired) electrons. The summed E-state index contributed by atoms with van der Waals surface area (Å²) in [6.07, 6.45) is 7.77. The fourth-order valence-electron chi connectivity index (χ4n) is 2.59. The highest BCUT2D eigenvalue weighted by Gasteiger charge is 2.35. The molecule has 1 rings (SSSR count). The van der Waals surface area contributed by atoms with Crippen molar-refractivity contribution in [3.8, 4) is 0 Å². The molecule has 0 fully saturated rings. The van der Waals surface area contributed by atoms with Crippen molar-refractivity contribution < 1.29 is 4.79 Å². The Morgan fingerprint density at radius 1 is 1.62 bits per heavy atom. The lowest BCUT2D eigenvalue weighted by molar-refractivity contribution is -0.104. The van der Waals surface area contributed by atoms with Crippen molar-refractivity contribution >= 4 is 6.29 Å². The predicted octanol–water partition coefficient (Wildman–Crippen LogP) is 4.15. The van der Waals surface area contributed by atoms with Gasteiger partial charge in [-0.15, -0.1) is 0 Å². The standard InChI is InChI=1S/C15H24O/c1-11(8-12(2)10-16)9-14-7-6-13(3)15(14,4)5/h6,8,10-11,14H,7,9H2,1-5H3. The van der Waals surface area contributed by atoms with Crippen LogP contribution in [0.2, 0.25) is 0 Å². The normalized spacial score (nSPS) is 26.4. The number of carbonyl (C=O) groups excluding carboxylic acids is 1. The first-order valence-electron chi connectivity index (χ1n) is 6.18. The Hall–Kier alpha value is -0.850. The number of carbonyl (C=O) groups is 1. The summed E-state index contributed by atoms with van der Waals surface area (Å²) in [6.45, 7) is 11.0. The predicted molar refractivity (Wildman–Crippen MR) is 69.2 cm³/mol. The number of allylic oxidation sites excluding steroid dienone is 4. The van der Waals surface area contributed by atoms with Crippen LogP contribution >= 0.6 is 0 Å². The Balaban J connectivity index is 2.61. The van der Waals surface area contributed by atoms with Crippen molar-refractivity contribution in [2.75, 3.05) is 0 Å². The van der Waals surface area contributed by atoms with Gasteiger partial charge < -0.3 is 0 Å². The topological polar surface area (TPSA) is 17.1 Å². The van der Waals surface area contributed by atoms with Crippen LogP contribution < -0.4 is 0 Å². The molecule has 2 atom stereocenters. The summed E-state index contributed by atoms with van der Waals surface area (Å²) in [5.74, 6) is 1.21. The second-order valence-electron chi connectivity index (χ2n) is 5.78. The Morgan fingerprint density at radius 3 is 2.69 bits per heavy atom. The molecule has 1 aliphatic rings. The molecule has 0 aliphatic heterocycles. The first-order valence-corrected chi connectivity index (χ1v) is 6.18. The lowest BCUT2D eigenvalue weighted by Crippen LogP contribution is -2.22. The molecule has 0 bridgehead atoms. The zero-order valence-electron chi connectivity index (χ0n) is 11.2. The maximum absolute atomic E-state index is 10.6. The Bertz CT molecular complexity index is 320. The van der Waals surface area contributed by atoms with E-state index in [4.69, 9.17) is 0 Å². The van der Waals surface area contributed by atoms with Gasteiger partial charge in [-0.25, -0.2) is 0 Å². The Kier molecular flexibility index (Phi) is 4.12. The second kappa shape index (κ2) is 4.99. The van der Waals surface area contributed by atoms with Crippen LogP contribution in [0.4, 0.5) is 0 Å². The summed E-state index contributed by atoms with van der Waals surface area (Å²) in [4.78, 5) is 10.6. The molecule has 16 heavy (non-hydrogen) atoms. The quantitative estimate of drug-likeness (QED) is 0.395. The number of aldehydes is 1. The second-order valence-corrected chi connectivity index (χ2v) is 5.78. The van der Waals surface area contributed by atoms with Gasteiger partial charge in [0.05, 0.1) is 0 Å². The van der Waals surface area contributed by atoms with Crippen LogP contribution in [-0.4, -0.2) is 6.29 Å². The number of rotatable bonds is 4. The van der Waals surface area contributed by atoms with Gasteiger partial charge in [-0.05, 0) is 49.5 Å². The third-order valence-electron chi connectivity index (χ3n) is 4.14. The van der Waals surface area contributed by atoms with E-state index in [0.29, 0.717) is 11.3 Å². The van der Waals surface area contributed by atoms with Gasteiger partial charge in [0.1, 0.15) is 6.29 Å². The minimum absolute atomic E-state index is 0.331. The molecule has 0 aromatic rings. The fraction of sp³-hybridized carbons (Fsp3) is 0.667. The molecule has 2 unspecified atom stereocenters. The van der Waals surface area contributed by atoms with E-state index >= 15 is 0 Å². The van der Waals surface area contributed by atoms with Gasteiger partial charge in [0.25, 0.3) is 0 Å². The first kappa shape index (κ1) is 13.2. The van der Waals surface area contributed by atoms with Crippen molar-refractivity contribution in [1.29, 1.82) is 0 Å². The van der Waals surface area contributed by atoms with E-state index in [0.717, 1.165) is 17.8 Å². The molecule has 0 aromatic carbocycles. The van der Waals surface area contributed by atoms with E-state index in [1.807, 2.05) is 6.92 Å². The Labute approximate surface area is 99.6 Å². The molecule has 1 aliphatic carbocycles. The van der Waals surface area contributed by atoms with Crippen molar-refractivity contribution in [3.63, 3.8) is 0 Å². The smallest absolute Gasteiger partial charge is 0.145 e. The average molecular weight is 220 g/mol. The molecule has 1 heteroatoms. The molecule has 0 heterocycles. The van der Waals surface area contributed by atoms with E-state index in [2.05, 4.69) is 39.8 Å². The molecule has 0 N–H and O–H groups in total. The molecule has 0 amide bonds. The molecule has 0 saturated carbocycles. The van der Waals surface area contributed by atoms with Crippen LogP contribution in [0.3, 0.4) is 0 Å². The van der Waals surface area contributed by atoms with Crippen molar-refractivity contribution in [2.24, 2.45) is 17.3 Å². The van der Waals surface area contributed by atoms with Crippen LogP contribution in [0.1, 0.15) is 47.5 Å². The summed E-state index contributed by atoms with van der Waals surface area (Å²) in [7, 11) is 0. The number of hydrogen-bond acceptors (Lipinski definition) is 1. The van der Waals surface area contributed by atoms with E-state index in [9.17, 15) is 4.79 Å². The third kappa shape index (κ3) is 2.84. The molecule has 0 saturated heterocycles. The summed E-state index contributed by atoms with van der Waals surface area (Å²) in [6, 6.07) is 0. The van der Waals surface area contributed by atoms with Crippen molar-refractivity contribution in [3.05, 3.63) is 23.3 Å². The van der Waals surface area contributed by atoms with Crippen LogP contribution in [-0.2, 0) is 4.79 Å². The molecule has 0 aromatic heterocycles. The van der Waals surface area contributed by atoms with Gasteiger partial charge in [0, 0.05) is 0 Å². The highest BCUT2D eigenvalue weighted by molar-refractivity contribution is 5.72. The number of hydrogen-bond donors (Lipinski definition) is 0. The minimum atomic E-state index is 0.331. The lowest BCUT2D eigenvalue weighted by atomic mass is 9.74. The SMILES string of the molecule is CC(C=O)=CC(C)CC1CC=C(C)C1(C)C. The zero-order chi connectivity index (χ0) is 12.3. The van der Waals surface area contributed by atoms with Crippen LogP contribution in [0.5, 0.6) is 0 Å². The highest BCUT2D eigenvalue weighted by atomic mass is 16.1. The molecule has 0 spiro atoms. The van der Waals surface area contributed by atoms with Crippen molar-refractivity contribution in [2.45, 2.75) is 47.5 Å². The lowest BCUT2D eigenvalue weighted by Gasteiger charge is -2.31. The van der Waals surface area contributed by atoms with Gasteiger partial charge in [0.15, 0.2) is 0 Å². The van der Waals surface area contributed by atoms with Crippen molar-refractivity contribution in [1.82, 2.24) is 0 Å². The summed E-state index contributed by atoms with van der Waals surface area (Å²) in [5.41, 5.74) is 2.70. The minimum Gasteiger partial charge on any atom is -0.298 e. The van der Waals surface area contributed by atoms with Crippen LogP contribution in [0.25, 0.3) is 0 Å². The van der Waals surface area contributed by atoms with Gasteiger partial charge in [-0.3, -0.25) is 4.79 Å².